The molecule has 1 aliphatic heterocycles. The van der Waals surface area contributed by atoms with Crippen molar-refractivity contribution in [3.8, 4) is 0 Å². The van der Waals surface area contributed by atoms with Crippen molar-refractivity contribution >= 4 is 11.8 Å². The largest absolute Gasteiger partial charge is 0.355 e. The second kappa shape index (κ2) is 6.48. The van der Waals surface area contributed by atoms with Crippen LogP contribution in [0, 0.1) is 5.92 Å². The molecule has 5 nitrogen and oxygen atoms in total. The van der Waals surface area contributed by atoms with Gasteiger partial charge in [0.1, 0.15) is 0 Å². The molecule has 2 N–H and O–H groups in total. The Balaban J connectivity index is 2.17. The molecule has 2 amide bonds. The quantitative estimate of drug-likeness (QED) is 0.686. The van der Waals surface area contributed by atoms with Gasteiger partial charge in [-0.15, -0.1) is 0 Å². The van der Waals surface area contributed by atoms with Gasteiger partial charge in [0.05, 0.1) is 5.92 Å². The van der Waals surface area contributed by atoms with Gasteiger partial charge in [0.15, 0.2) is 0 Å². The van der Waals surface area contributed by atoms with E-state index in [0.29, 0.717) is 13.0 Å². The Morgan fingerprint density at radius 1 is 1.44 bits per heavy atom. The number of rotatable bonds is 4. The van der Waals surface area contributed by atoms with Crippen LogP contribution in [0.5, 0.6) is 0 Å². The molecule has 1 fully saturated rings. The Hall–Kier alpha value is -1.10. The van der Waals surface area contributed by atoms with Gasteiger partial charge in [-0.05, 0) is 19.4 Å². The van der Waals surface area contributed by atoms with Gasteiger partial charge in [-0.3, -0.25) is 9.59 Å². The zero-order valence-electron chi connectivity index (χ0n) is 10.1. The smallest absolute Gasteiger partial charge is 0.224 e. The summed E-state index contributed by atoms with van der Waals surface area (Å²) in [6.45, 7) is 2.20. The molecule has 5 heteroatoms. The molecule has 1 saturated heterocycles. The molecule has 16 heavy (non-hydrogen) atoms. The van der Waals surface area contributed by atoms with E-state index in [-0.39, 0.29) is 17.7 Å². The molecule has 1 heterocycles. The third kappa shape index (κ3) is 4.18. The van der Waals surface area contributed by atoms with Crippen LogP contribution in [-0.2, 0) is 9.59 Å². The summed E-state index contributed by atoms with van der Waals surface area (Å²) in [5.41, 5.74) is 0. The van der Waals surface area contributed by atoms with Crippen molar-refractivity contribution in [2.45, 2.75) is 19.3 Å². The molecule has 92 valence electrons. The number of amides is 2. The second-order valence-electron chi connectivity index (χ2n) is 4.37. The van der Waals surface area contributed by atoms with Crippen LogP contribution in [0.2, 0.25) is 0 Å². The number of piperidine rings is 1. The van der Waals surface area contributed by atoms with Gasteiger partial charge >= 0.3 is 0 Å². The molecule has 1 atom stereocenters. The summed E-state index contributed by atoms with van der Waals surface area (Å²) in [5, 5.41) is 6.01. The zero-order chi connectivity index (χ0) is 12.0. The van der Waals surface area contributed by atoms with Crippen LogP contribution in [-0.4, -0.2) is 50.4 Å². The highest BCUT2D eigenvalue weighted by Crippen LogP contribution is 2.09. The standard InChI is InChI=1S/C11H21N3O2/c1-14(2)10(15)5-7-13-11(16)9-4-3-6-12-8-9/h9,12H,3-8H2,1-2H3,(H,13,16). The molecule has 0 bridgehead atoms. The predicted molar refractivity (Wildman–Crippen MR) is 61.9 cm³/mol. The molecule has 0 aromatic heterocycles. The lowest BCUT2D eigenvalue weighted by atomic mass is 9.99. The van der Waals surface area contributed by atoms with E-state index in [4.69, 9.17) is 0 Å². The lowest BCUT2D eigenvalue weighted by Crippen LogP contribution is -2.41. The number of nitrogens with one attached hydrogen (secondary N) is 2. The van der Waals surface area contributed by atoms with E-state index in [1.807, 2.05) is 0 Å². The number of hydrogen-bond acceptors (Lipinski definition) is 3. The first-order valence-electron chi connectivity index (χ1n) is 5.80. The van der Waals surface area contributed by atoms with E-state index in [1.54, 1.807) is 14.1 Å². The van der Waals surface area contributed by atoms with Crippen molar-refractivity contribution in [1.29, 1.82) is 0 Å². The number of carbonyl (C=O) groups is 2. The fourth-order valence-corrected chi connectivity index (χ4v) is 1.74. The van der Waals surface area contributed by atoms with Crippen LogP contribution in [0.1, 0.15) is 19.3 Å². The molecule has 0 aromatic rings. The molecule has 1 aliphatic rings. The summed E-state index contributed by atoms with van der Waals surface area (Å²) in [4.78, 5) is 24.5. The molecule has 1 unspecified atom stereocenters. The minimum atomic E-state index is 0.0436. The van der Waals surface area contributed by atoms with Crippen molar-refractivity contribution in [3.63, 3.8) is 0 Å². The number of hydrogen-bond donors (Lipinski definition) is 2. The summed E-state index contributed by atoms with van der Waals surface area (Å²) < 4.78 is 0. The highest BCUT2D eigenvalue weighted by atomic mass is 16.2. The summed E-state index contributed by atoms with van der Waals surface area (Å²) >= 11 is 0. The minimum Gasteiger partial charge on any atom is -0.355 e. The lowest BCUT2D eigenvalue weighted by Gasteiger charge is -2.21. The first-order chi connectivity index (χ1) is 7.61. The highest BCUT2D eigenvalue weighted by molar-refractivity contribution is 5.80. The molecule has 0 saturated carbocycles. The predicted octanol–water partition coefficient (Wildman–Crippen LogP) is -0.419. The Morgan fingerprint density at radius 3 is 2.75 bits per heavy atom. The van der Waals surface area contributed by atoms with E-state index >= 15 is 0 Å². The van der Waals surface area contributed by atoms with E-state index in [1.165, 1.54) is 4.90 Å². The lowest BCUT2D eigenvalue weighted by molar-refractivity contribution is -0.129. The van der Waals surface area contributed by atoms with Crippen LogP contribution in [0.3, 0.4) is 0 Å². The van der Waals surface area contributed by atoms with Gasteiger partial charge in [-0.25, -0.2) is 0 Å². The Morgan fingerprint density at radius 2 is 2.19 bits per heavy atom. The highest BCUT2D eigenvalue weighted by Gasteiger charge is 2.20. The zero-order valence-corrected chi connectivity index (χ0v) is 10.1. The fourth-order valence-electron chi connectivity index (χ4n) is 1.74. The molecular formula is C11H21N3O2. The van der Waals surface area contributed by atoms with Gasteiger partial charge in [-0.2, -0.15) is 0 Å². The van der Waals surface area contributed by atoms with E-state index in [9.17, 15) is 9.59 Å². The van der Waals surface area contributed by atoms with Gasteiger partial charge in [0.2, 0.25) is 11.8 Å². The first kappa shape index (κ1) is 13.0. The molecule has 0 aliphatic carbocycles. The second-order valence-corrected chi connectivity index (χ2v) is 4.37. The molecule has 0 spiro atoms. The summed E-state index contributed by atoms with van der Waals surface area (Å²) in [6, 6.07) is 0. The topological polar surface area (TPSA) is 61.4 Å². The third-order valence-corrected chi connectivity index (χ3v) is 2.80. The number of carbonyl (C=O) groups excluding carboxylic acids is 2. The van der Waals surface area contributed by atoms with Gasteiger partial charge in [0, 0.05) is 33.6 Å². The minimum absolute atomic E-state index is 0.0436. The van der Waals surface area contributed by atoms with Gasteiger partial charge < -0.3 is 15.5 Å². The molecular weight excluding hydrogens is 206 g/mol. The van der Waals surface area contributed by atoms with E-state index < -0.39 is 0 Å². The summed E-state index contributed by atoms with van der Waals surface area (Å²) in [5.74, 6) is 0.184. The first-order valence-corrected chi connectivity index (χ1v) is 5.80. The average Bonchev–Trinajstić information content (AvgIpc) is 2.29. The van der Waals surface area contributed by atoms with Crippen molar-refractivity contribution in [2.24, 2.45) is 5.92 Å². The van der Waals surface area contributed by atoms with Crippen LogP contribution < -0.4 is 10.6 Å². The monoisotopic (exact) mass is 227 g/mol. The van der Waals surface area contributed by atoms with E-state index in [0.717, 1.165) is 25.9 Å². The van der Waals surface area contributed by atoms with E-state index in [2.05, 4.69) is 10.6 Å². The Labute approximate surface area is 96.6 Å². The van der Waals surface area contributed by atoms with Crippen LogP contribution in [0.4, 0.5) is 0 Å². The summed E-state index contributed by atoms with van der Waals surface area (Å²) in [7, 11) is 3.43. The Bertz CT molecular complexity index is 248. The van der Waals surface area contributed by atoms with Crippen LogP contribution >= 0.6 is 0 Å². The van der Waals surface area contributed by atoms with Gasteiger partial charge in [0.25, 0.3) is 0 Å². The molecule has 1 rings (SSSR count). The molecule has 0 radical (unpaired) electrons. The molecule has 0 aromatic carbocycles. The third-order valence-electron chi connectivity index (χ3n) is 2.80. The average molecular weight is 227 g/mol. The summed E-state index contributed by atoms with van der Waals surface area (Å²) in [6.07, 6.45) is 2.37. The van der Waals surface area contributed by atoms with Crippen molar-refractivity contribution in [2.75, 3.05) is 33.7 Å². The maximum Gasteiger partial charge on any atom is 0.224 e. The van der Waals surface area contributed by atoms with Crippen molar-refractivity contribution in [3.05, 3.63) is 0 Å². The van der Waals surface area contributed by atoms with Crippen LogP contribution in [0.15, 0.2) is 0 Å². The SMILES string of the molecule is CN(C)C(=O)CCNC(=O)C1CCCNC1. The Kier molecular flexibility index (Phi) is 5.25. The number of nitrogens with zero attached hydrogens (tertiary/aromatic N) is 1. The van der Waals surface area contributed by atoms with Crippen LogP contribution in [0.25, 0.3) is 0 Å². The maximum atomic E-state index is 11.7. The normalized spacial score (nSPS) is 20.2. The fraction of sp³-hybridized carbons (Fsp3) is 0.818. The van der Waals surface area contributed by atoms with Gasteiger partial charge in [-0.1, -0.05) is 0 Å². The maximum absolute atomic E-state index is 11.7. The van der Waals surface area contributed by atoms with Crippen molar-refractivity contribution in [1.82, 2.24) is 15.5 Å². The van der Waals surface area contributed by atoms with Crippen molar-refractivity contribution < 1.29 is 9.59 Å².